The first-order valence-electron chi connectivity index (χ1n) is 5.97. The summed E-state index contributed by atoms with van der Waals surface area (Å²) >= 11 is 0. The molecule has 2 heterocycles. The van der Waals surface area contributed by atoms with E-state index in [2.05, 4.69) is 20.3 Å². The Morgan fingerprint density at radius 1 is 1.33 bits per heavy atom. The zero-order chi connectivity index (χ0) is 13.0. The highest BCUT2D eigenvalue weighted by Gasteiger charge is 2.05. The van der Waals surface area contributed by atoms with Gasteiger partial charge in [-0.1, -0.05) is 0 Å². The number of nitrogens with two attached hydrogens (primary N) is 1. The number of anilines is 2. The molecular formula is C12H18N6. The number of hydrogen-bond donors (Lipinski definition) is 2. The summed E-state index contributed by atoms with van der Waals surface area (Å²) in [5.41, 5.74) is 6.71. The van der Waals surface area contributed by atoms with Gasteiger partial charge in [-0.2, -0.15) is 0 Å². The molecule has 3 N–H and O–H groups in total. The maximum absolute atomic E-state index is 5.80. The average Bonchev–Trinajstić information content (AvgIpc) is 2.83. The Morgan fingerprint density at radius 2 is 2.17 bits per heavy atom. The van der Waals surface area contributed by atoms with Gasteiger partial charge in [0.2, 0.25) is 0 Å². The van der Waals surface area contributed by atoms with Gasteiger partial charge in [-0.05, 0) is 20.3 Å². The molecule has 0 aliphatic carbocycles. The third kappa shape index (κ3) is 2.97. The predicted octanol–water partition coefficient (Wildman–Crippen LogP) is 1.37. The summed E-state index contributed by atoms with van der Waals surface area (Å²) in [6.07, 6.45) is 6.56. The van der Waals surface area contributed by atoms with Crippen LogP contribution in [0, 0.1) is 13.8 Å². The maximum Gasteiger partial charge on any atom is 0.134 e. The molecule has 2 aromatic rings. The van der Waals surface area contributed by atoms with Crippen molar-refractivity contribution in [2.75, 3.05) is 17.6 Å². The summed E-state index contributed by atoms with van der Waals surface area (Å²) in [6, 6.07) is 0. The van der Waals surface area contributed by atoms with Gasteiger partial charge in [0, 0.05) is 31.0 Å². The van der Waals surface area contributed by atoms with Gasteiger partial charge in [-0.3, -0.25) is 0 Å². The minimum Gasteiger partial charge on any atom is -0.383 e. The monoisotopic (exact) mass is 246 g/mol. The fraction of sp³-hybridized carbons (Fsp3) is 0.417. The summed E-state index contributed by atoms with van der Waals surface area (Å²) in [6.45, 7) is 5.54. The second-order valence-corrected chi connectivity index (χ2v) is 4.21. The van der Waals surface area contributed by atoms with Crippen molar-refractivity contribution in [2.24, 2.45) is 0 Å². The van der Waals surface area contributed by atoms with E-state index < -0.39 is 0 Å². The molecule has 0 unspecified atom stereocenters. The van der Waals surface area contributed by atoms with E-state index in [-0.39, 0.29) is 0 Å². The lowest BCUT2D eigenvalue weighted by Crippen LogP contribution is -2.11. The number of imidazole rings is 1. The van der Waals surface area contributed by atoms with Crippen molar-refractivity contribution in [3.05, 3.63) is 30.1 Å². The zero-order valence-corrected chi connectivity index (χ0v) is 10.7. The van der Waals surface area contributed by atoms with E-state index in [0.29, 0.717) is 11.6 Å². The molecular weight excluding hydrogens is 228 g/mol. The van der Waals surface area contributed by atoms with Crippen LogP contribution in [0.2, 0.25) is 0 Å². The van der Waals surface area contributed by atoms with Gasteiger partial charge in [0.25, 0.3) is 0 Å². The van der Waals surface area contributed by atoms with E-state index in [1.807, 2.05) is 30.9 Å². The lowest BCUT2D eigenvalue weighted by atomic mass is 10.3. The van der Waals surface area contributed by atoms with Crippen molar-refractivity contribution in [3.8, 4) is 0 Å². The molecule has 0 amide bonds. The van der Waals surface area contributed by atoms with Gasteiger partial charge in [-0.15, -0.1) is 0 Å². The second-order valence-electron chi connectivity index (χ2n) is 4.21. The van der Waals surface area contributed by atoms with Crippen molar-refractivity contribution < 1.29 is 0 Å². The van der Waals surface area contributed by atoms with Crippen molar-refractivity contribution in [3.63, 3.8) is 0 Å². The SMILES string of the molecule is Cc1nc(N)c(C)c(NCCCn2ccnc2)n1. The van der Waals surface area contributed by atoms with Gasteiger partial charge in [0.05, 0.1) is 6.33 Å². The Kier molecular flexibility index (Phi) is 3.76. The van der Waals surface area contributed by atoms with Crippen LogP contribution in [0.15, 0.2) is 18.7 Å². The standard InChI is InChI=1S/C12H18N6/c1-9-11(13)16-10(2)17-12(9)15-4-3-6-18-7-5-14-8-18/h5,7-8H,3-4,6H2,1-2H3,(H3,13,15,16,17). The van der Waals surface area contributed by atoms with E-state index in [4.69, 9.17) is 5.73 Å². The fourth-order valence-electron chi connectivity index (χ4n) is 1.71. The minimum atomic E-state index is 0.541. The number of nitrogens with zero attached hydrogens (tertiary/aromatic N) is 4. The van der Waals surface area contributed by atoms with Gasteiger partial charge < -0.3 is 15.6 Å². The van der Waals surface area contributed by atoms with Crippen molar-refractivity contribution in [1.82, 2.24) is 19.5 Å². The Hall–Kier alpha value is -2.11. The van der Waals surface area contributed by atoms with Crippen molar-refractivity contribution in [2.45, 2.75) is 26.8 Å². The van der Waals surface area contributed by atoms with Crippen LogP contribution in [0.4, 0.5) is 11.6 Å². The number of aromatic nitrogens is 4. The third-order valence-electron chi connectivity index (χ3n) is 2.74. The summed E-state index contributed by atoms with van der Waals surface area (Å²) in [7, 11) is 0. The van der Waals surface area contributed by atoms with Crippen LogP contribution in [0.3, 0.4) is 0 Å². The summed E-state index contributed by atoms with van der Waals surface area (Å²) in [4.78, 5) is 12.5. The highest BCUT2D eigenvalue weighted by atomic mass is 15.1. The van der Waals surface area contributed by atoms with E-state index in [1.165, 1.54) is 0 Å². The zero-order valence-electron chi connectivity index (χ0n) is 10.7. The van der Waals surface area contributed by atoms with Crippen LogP contribution in [0.5, 0.6) is 0 Å². The number of aryl methyl sites for hydroxylation is 2. The van der Waals surface area contributed by atoms with Gasteiger partial charge >= 0.3 is 0 Å². The molecule has 18 heavy (non-hydrogen) atoms. The van der Waals surface area contributed by atoms with E-state index in [9.17, 15) is 0 Å². The molecule has 0 aliphatic rings. The largest absolute Gasteiger partial charge is 0.383 e. The second kappa shape index (κ2) is 5.48. The number of rotatable bonds is 5. The van der Waals surface area contributed by atoms with Gasteiger partial charge in [0.15, 0.2) is 0 Å². The fourth-order valence-corrected chi connectivity index (χ4v) is 1.71. The Morgan fingerprint density at radius 3 is 2.89 bits per heavy atom. The third-order valence-corrected chi connectivity index (χ3v) is 2.74. The summed E-state index contributed by atoms with van der Waals surface area (Å²) in [5, 5.41) is 3.29. The van der Waals surface area contributed by atoms with E-state index in [1.54, 1.807) is 6.20 Å². The van der Waals surface area contributed by atoms with Crippen LogP contribution >= 0.6 is 0 Å². The molecule has 0 bridgehead atoms. The van der Waals surface area contributed by atoms with Gasteiger partial charge in [0.1, 0.15) is 17.5 Å². The molecule has 96 valence electrons. The maximum atomic E-state index is 5.80. The Labute approximate surface area is 106 Å². The van der Waals surface area contributed by atoms with Crippen LogP contribution in [0.1, 0.15) is 17.8 Å². The predicted molar refractivity (Wildman–Crippen MR) is 71.3 cm³/mol. The molecule has 0 atom stereocenters. The first-order chi connectivity index (χ1) is 8.66. The quantitative estimate of drug-likeness (QED) is 0.779. The van der Waals surface area contributed by atoms with Gasteiger partial charge in [-0.25, -0.2) is 15.0 Å². The molecule has 0 saturated carbocycles. The smallest absolute Gasteiger partial charge is 0.134 e. The normalized spacial score (nSPS) is 10.6. The molecule has 2 aromatic heterocycles. The molecule has 0 fully saturated rings. The van der Waals surface area contributed by atoms with Crippen molar-refractivity contribution in [1.29, 1.82) is 0 Å². The van der Waals surface area contributed by atoms with Crippen molar-refractivity contribution >= 4 is 11.6 Å². The molecule has 0 radical (unpaired) electrons. The Bertz CT molecular complexity index is 506. The van der Waals surface area contributed by atoms with E-state index in [0.717, 1.165) is 30.9 Å². The molecule has 0 aromatic carbocycles. The molecule has 0 saturated heterocycles. The van der Waals surface area contributed by atoms with Crippen LogP contribution in [-0.4, -0.2) is 26.1 Å². The van der Waals surface area contributed by atoms with Crippen LogP contribution in [-0.2, 0) is 6.54 Å². The van der Waals surface area contributed by atoms with E-state index >= 15 is 0 Å². The number of nitrogen functional groups attached to an aromatic ring is 1. The molecule has 0 aliphatic heterocycles. The topological polar surface area (TPSA) is 81.6 Å². The lowest BCUT2D eigenvalue weighted by molar-refractivity contribution is 0.659. The molecule has 2 rings (SSSR count). The summed E-state index contributed by atoms with van der Waals surface area (Å²) in [5.74, 6) is 2.06. The number of nitrogens with one attached hydrogen (secondary N) is 1. The first-order valence-corrected chi connectivity index (χ1v) is 5.97. The molecule has 0 spiro atoms. The average molecular weight is 246 g/mol. The highest BCUT2D eigenvalue weighted by Crippen LogP contribution is 2.16. The number of hydrogen-bond acceptors (Lipinski definition) is 5. The minimum absolute atomic E-state index is 0.541. The Balaban J connectivity index is 1.86. The lowest BCUT2D eigenvalue weighted by Gasteiger charge is -2.10. The molecule has 6 nitrogen and oxygen atoms in total. The highest BCUT2D eigenvalue weighted by molar-refractivity contribution is 5.54. The van der Waals surface area contributed by atoms with Crippen LogP contribution in [0.25, 0.3) is 0 Å². The molecule has 6 heteroatoms. The van der Waals surface area contributed by atoms with Crippen LogP contribution < -0.4 is 11.1 Å². The summed E-state index contributed by atoms with van der Waals surface area (Å²) < 4.78 is 2.05. The first kappa shape index (κ1) is 12.3.